The summed E-state index contributed by atoms with van der Waals surface area (Å²) in [6.45, 7) is 8.41. The molecule has 0 atom stereocenters. The van der Waals surface area contributed by atoms with Gasteiger partial charge in [-0.25, -0.2) is 0 Å². The summed E-state index contributed by atoms with van der Waals surface area (Å²) in [7, 11) is -0.418. The second-order valence-corrected chi connectivity index (χ2v) is 12.1. The molecule has 0 N–H and O–H groups in total. The monoisotopic (exact) mass is 534 g/mol. The number of hydrogen-bond donors (Lipinski definition) is 0. The number of hydrogen-bond acceptors (Lipinski definition) is 2. The zero-order valence-electron chi connectivity index (χ0n) is 23.8. The zero-order chi connectivity index (χ0) is 27.9. The molecule has 0 unspecified atom stereocenters. The van der Waals surface area contributed by atoms with Gasteiger partial charge in [0.25, 0.3) is 0 Å². The molecule has 41 heavy (non-hydrogen) atoms. The van der Waals surface area contributed by atoms with Gasteiger partial charge in [-0.2, -0.15) is 0 Å². The summed E-state index contributed by atoms with van der Waals surface area (Å²) in [5, 5.41) is 4.87. The highest BCUT2D eigenvalue weighted by atomic mass is 16.7. The third-order valence-electron chi connectivity index (χ3n) is 9.14. The van der Waals surface area contributed by atoms with Crippen LogP contribution in [0.2, 0.25) is 0 Å². The van der Waals surface area contributed by atoms with Gasteiger partial charge in [0, 0.05) is 32.9 Å². The maximum absolute atomic E-state index is 6.46. The van der Waals surface area contributed by atoms with Gasteiger partial charge in [-0.3, -0.25) is 0 Å². The number of rotatable bonds is 3. The smallest absolute Gasteiger partial charge is 0.399 e. The van der Waals surface area contributed by atoms with Crippen molar-refractivity contribution in [2.24, 2.45) is 0 Å². The number of nitrogens with zero attached hydrogens (tertiary/aromatic N) is 2. The second-order valence-electron chi connectivity index (χ2n) is 12.1. The summed E-state index contributed by atoms with van der Waals surface area (Å²) >= 11 is 0. The lowest BCUT2D eigenvalue weighted by molar-refractivity contribution is 0.00578. The summed E-state index contributed by atoms with van der Waals surface area (Å²) < 4.78 is 17.7. The van der Waals surface area contributed by atoms with E-state index in [0.29, 0.717) is 0 Å². The molecule has 0 aliphatic carbocycles. The Morgan fingerprint density at radius 2 is 0.927 bits per heavy atom. The third kappa shape index (κ3) is 3.56. The first kappa shape index (κ1) is 24.5. The fourth-order valence-corrected chi connectivity index (χ4v) is 6.33. The summed E-state index contributed by atoms with van der Waals surface area (Å²) in [4.78, 5) is 0. The number of fused-ring (bicyclic) bond motifs is 6. The van der Waals surface area contributed by atoms with Gasteiger partial charge < -0.3 is 18.4 Å². The quantitative estimate of drug-likeness (QED) is 0.214. The molecule has 1 aliphatic heterocycles. The molecule has 5 aromatic carbocycles. The lowest BCUT2D eigenvalue weighted by atomic mass is 9.78. The summed E-state index contributed by atoms with van der Waals surface area (Å²) in [5.74, 6) is 0. The van der Waals surface area contributed by atoms with E-state index in [1.165, 1.54) is 38.1 Å². The molecule has 5 heteroatoms. The Hall–Kier alpha value is -4.32. The third-order valence-corrected chi connectivity index (χ3v) is 9.14. The highest BCUT2D eigenvalue weighted by molar-refractivity contribution is 6.62. The SMILES string of the molecule is CC1(C)OB(c2ccc3c(c2)c2cc4c(cc2n3-c2ccccc2)c2ccccc2n4-c2ccccc2)OC1(C)C. The molecule has 0 bridgehead atoms. The Morgan fingerprint density at radius 3 is 1.51 bits per heavy atom. The molecule has 0 spiro atoms. The highest BCUT2D eigenvalue weighted by Crippen LogP contribution is 2.40. The lowest BCUT2D eigenvalue weighted by Crippen LogP contribution is -2.41. The van der Waals surface area contributed by atoms with Crippen LogP contribution in [-0.4, -0.2) is 27.5 Å². The number of para-hydroxylation sites is 3. The van der Waals surface area contributed by atoms with E-state index in [4.69, 9.17) is 9.31 Å². The summed E-state index contributed by atoms with van der Waals surface area (Å²) in [6, 6.07) is 41.3. The van der Waals surface area contributed by atoms with E-state index in [1.807, 2.05) is 0 Å². The van der Waals surface area contributed by atoms with Crippen molar-refractivity contribution in [1.82, 2.24) is 9.13 Å². The van der Waals surface area contributed by atoms with E-state index in [0.717, 1.165) is 22.4 Å². The normalized spacial score (nSPS) is 16.4. The summed E-state index contributed by atoms with van der Waals surface area (Å²) in [5.41, 5.74) is 7.28. The van der Waals surface area contributed by atoms with Crippen molar-refractivity contribution in [1.29, 1.82) is 0 Å². The van der Waals surface area contributed by atoms with E-state index in [2.05, 4.69) is 152 Å². The fraction of sp³-hybridized carbons (Fsp3) is 0.167. The van der Waals surface area contributed by atoms with Crippen LogP contribution >= 0.6 is 0 Å². The van der Waals surface area contributed by atoms with Gasteiger partial charge in [0.1, 0.15) is 0 Å². The van der Waals surface area contributed by atoms with Crippen LogP contribution in [-0.2, 0) is 9.31 Å². The Labute approximate surface area is 239 Å². The standard InChI is InChI=1S/C36H31BN2O2/c1-35(2)36(3,4)41-37(40-35)24-19-20-32-28(21-24)30-23-33-29(22-34(30)39(32)26-15-9-6-10-16-26)27-17-11-12-18-31(27)38(33)25-13-7-5-8-14-25/h5-23H,1-4H3. The molecule has 7 aromatic rings. The molecule has 3 heterocycles. The van der Waals surface area contributed by atoms with Crippen LogP contribution in [0.25, 0.3) is 55.0 Å². The Kier molecular flexibility index (Phi) is 5.13. The van der Waals surface area contributed by atoms with Crippen LogP contribution in [0, 0.1) is 0 Å². The molecule has 0 saturated carbocycles. The van der Waals surface area contributed by atoms with Crippen molar-refractivity contribution in [3.63, 3.8) is 0 Å². The Bertz CT molecular complexity index is 2090. The number of aromatic nitrogens is 2. The predicted molar refractivity (Wildman–Crippen MR) is 171 cm³/mol. The first-order valence-electron chi connectivity index (χ1n) is 14.3. The van der Waals surface area contributed by atoms with Crippen LogP contribution in [0.4, 0.5) is 0 Å². The molecule has 1 fully saturated rings. The molecular weight excluding hydrogens is 503 g/mol. The zero-order valence-corrected chi connectivity index (χ0v) is 23.8. The van der Waals surface area contributed by atoms with Crippen molar-refractivity contribution >= 4 is 56.2 Å². The Balaban J connectivity index is 1.47. The van der Waals surface area contributed by atoms with Gasteiger partial charge in [-0.1, -0.05) is 66.7 Å². The van der Waals surface area contributed by atoms with Crippen LogP contribution in [0.15, 0.2) is 115 Å². The van der Waals surface area contributed by atoms with Crippen molar-refractivity contribution in [2.75, 3.05) is 0 Å². The van der Waals surface area contributed by atoms with E-state index in [-0.39, 0.29) is 0 Å². The molecule has 2 aromatic heterocycles. The molecule has 200 valence electrons. The van der Waals surface area contributed by atoms with Gasteiger partial charge in [-0.15, -0.1) is 0 Å². The van der Waals surface area contributed by atoms with Crippen LogP contribution < -0.4 is 5.46 Å². The molecule has 8 rings (SSSR count). The van der Waals surface area contributed by atoms with E-state index >= 15 is 0 Å². The van der Waals surface area contributed by atoms with Crippen LogP contribution in [0.5, 0.6) is 0 Å². The van der Waals surface area contributed by atoms with Crippen molar-refractivity contribution < 1.29 is 9.31 Å². The first-order valence-corrected chi connectivity index (χ1v) is 14.3. The van der Waals surface area contributed by atoms with E-state index < -0.39 is 18.3 Å². The number of benzene rings is 5. The highest BCUT2D eigenvalue weighted by Gasteiger charge is 2.51. The fourth-order valence-electron chi connectivity index (χ4n) is 6.33. The molecule has 0 radical (unpaired) electrons. The summed E-state index contributed by atoms with van der Waals surface area (Å²) in [6.07, 6.45) is 0. The minimum absolute atomic E-state index is 0.395. The maximum Gasteiger partial charge on any atom is 0.494 e. The average molecular weight is 534 g/mol. The van der Waals surface area contributed by atoms with Gasteiger partial charge in [0.05, 0.1) is 33.3 Å². The van der Waals surface area contributed by atoms with E-state index in [9.17, 15) is 0 Å². The molecule has 1 aliphatic rings. The largest absolute Gasteiger partial charge is 0.494 e. The van der Waals surface area contributed by atoms with Gasteiger partial charge in [0.15, 0.2) is 0 Å². The van der Waals surface area contributed by atoms with Crippen molar-refractivity contribution in [3.8, 4) is 11.4 Å². The van der Waals surface area contributed by atoms with Gasteiger partial charge >= 0.3 is 7.12 Å². The minimum Gasteiger partial charge on any atom is -0.399 e. The van der Waals surface area contributed by atoms with E-state index in [1.54, 1.807) is 0 Å². The second kappa shape index (κ2) is 8.59. The van der Waals surface area contributed by atoms with Crippen molar-refractivity contribution in [2.45, 2.75) is 38.9 Å². The van der Waals surface area contributed by atoms with Crippen LogP contribution in [0.3, 0.4) is 0 Å². The Morgan fingerprint density at radius 1 is 0.463 bits per heavy atom. The van der Waals surface area contributed by atoms with Gasteiger partial charge in [0.2, 0.25) is 0 Å². The first-order chi connectivity index (χ1) is 19.8. The average Bonchev–Trinajstić information content (AvgIpc) is 3.55. The van der Waals surface area contributed by atoms with Crippen LogP contribution in [0.1, 0.15) is 27.7 Å². The molecular formula is C36H31BN2O2. The minimum atomic E-state index is -0.418. The lowest BCUT2D eigenvalue weighted by Gasteiger charge is -2.32. The topological polar surface area (TPSA) is 28.3 Å². The molecule has 4 nitrogen and oxygen atoms in total. The molecule has 1 saturated heterocycles. The van der Waals surface area contributed by atoms with Gasteiger partial charge in [-0.05, 0) is 81.7 Å². The predicted octanol–water partition coefficient (Wildman–Crippen LogP) is 8.18. The van der Waals surface area contributed by atoms with Crippen molar-refractivity contribution in [3.05, 3.63) is 115 Å². The molecule has 0 amide bonds. The maximum atomic E-state index is 6.46.